The van der Waals surface area contributed by atoms with Gasteiger partial charge >= 0.3 is 6.03 Å². The van der Waals surface area contributed by atoms with Crippen molar-refractivity contribution in [2.24, 2.45) is 0 Å². The molecule has 5 N–H and O–H groups in total. The van der Waals surface area contributed by atoms with Gasteiger partial charge in [-0.3, -0.25) is 10.1 Å². The van der Waals surface area contributed by atoms with E-state index in [-0.39, 0.29) is 17.0 Å². The Balaban J connectivity index is 1.36. The molecule has 0 bridgehead atoms. The average molecular weight is 741 g/mol. The third-order valence-electron chi connectivity index (χ3n) is 7.61. The molecule has 0 aliphatic heterocycles. The Hall–Kier alpha value is -5.43. The highest BCUT2D eigenvalue weighted by Crippen LogP contribution is 2.33. The summed E-state index contributed by atoms with van der Waals surface area (Å²) in [6.45, 7) is 8.77. The van der Waals surface area contributed by atoms with Crippen LogP contribution in [0, 0.1) is 6.92 Å². The summed E-state index contributed by atoms with van der Waals surface area (Å²) in [4.78, 5) is 34.4. The summed E-state index contributed by atoms with van der Waals surface area (Å²) in [6.07, 6.45) is 6.62. The smallest absolute Gasteiger partial charge is 0.324 e. The van der Waals surface area contributed by atoms with Crippen molar-refractivity contribution < 1.29 is 14.3 Å². The first-order chi connectivity index (χ1) is 24.0. The van der Waals surface area contributed by atoms with Gasteiger partial charge in [-0.15, -0.1) is 0 Å². The normalized spacial score (nSPS) is 12.0. The van der Waals surface area contributed by atoms with Crippen LogP contribution in [0.15, 0.2) is 91.4 Å². The van der Waals surface area contributed by atoms with Crippen LogP contribution in [0.3, 0.4) is 0 Å². The minimum absolute atomic E-state index is 0.218. The highest BCUT2D eigenvalue weighted by Gasteiger charge is 2.22. The zero-order valence-electron chi connectivity index (χ0n) is 28.8. The van der Waals surface area contributed by atoms with E-state index >= 15 is 0 Å². The SMILES string of the molecule is CN/C=C\CC(Nc1cnc(C(=O)NCCBr)cn1)Oc1ccc(NC(=O)Nc2cc(C(C)(C)C)nn2-c2ccc(C)cc2)c2ccccc12. The number of alkyl halides is 1. The van der Waals surface area contributed by atoms with Gasteiger partial charge in [0.1, 0.15) is 23.1 Å². The standard InChI is InChI=1S/C37H42BrN9O3/c1-24-12-14-25(15-13-24)47-33(21-31(46-47)37(2,3)4)45-36(49)43-28-16-17-30(27-10-7-6-9-26(27)28)50-34(11-8-19-39-5)44-32-23-41-29(22-42-32)35(48)40-20-18-38/h6-10,12-17,19,21-23,34,39H,11,18,20H2,1-5H3,(H,40,48)(H,42,44)(H2,43,45,49)/b19-8-. The van der Waals surface area contributed by atoms with Crippen molar-refractivity contribution in [2.45, 2.75) is 45.8 Å². The number of nitrogens with one attached hydrogen (secondary N) is 5. The van der Waals surface area contributed by atoms with E-state index in [1.54, 1.807) is 4.68 Å². The molecule has 0 radical (unpaired) electrons. The molecular weight excluding hydrogens is 698 g/mol. The van der Waals surface area contributed by atoms with Crippen LogP contribution in [0.5, 0.6) is 5.75 Å². The number of fused-ring (bicyclic) bond motifs is 1. The highest BCUT2D eigenvalue weighted by molar-refractivity contribution is 9.09. The summed E-state index contributed by atoms with van der Waals surface area (Å²) >= 11 is 3.29. The minimum Gasteiger partial charge on any atom is -0.470 e. The Bertz CT molecular complexity index is 1950. The topological polar surface area (TPSA) is 147 Å². The second-order valence-electron chi connectivity index (χ2n) is 12.6. The van der Waals surface area contributed by atoms with Crippen molar-refractivity contribution in [3.8, 4) is 11.4 Å². The van der Waals surface area contributed by atoms with Crippen LogP contribution in [0.4, 0.5) is 22.1 Å². The zero-order chi connectivity index (χ0) is 35.7. The predicted octanol–water partition coefficient (Wildman–Crippen LogP) is 7.13. The van der Waals surface area contributed by atoms with E-state index in [4.69, 9.17) is 9.84 Å². The van der Waals surface area contributed by atoms with Crippen LogP contribution in [-0.4, -0.2) is 56.8 Å². The number of anilines is 3. The number of aromatic nitrogens is 4. The molecule has 2 aromatic heterocycles. The lowest BCUT2D eigenvalue weighted by Crippen LogP contribution is -2.28. The number of carbonyl (C=O) groups is 2. The zero-order valence-corrected chi connectivity index (χ0v) is 30.3. The van der Waals surface area contributed by atoms with Crippen molar-refractivity contribution in [1.82, 2.24) is 30.4 Å². The van der Waals surface area contributed by atoms with E-state index < -0.39 is 12.3 Å². The summed E-state index contributed by atoms with van der Waals surface area (Å²) in [5.74, 6) is 1.31. The molecule has 5 rings (SSSR count). The van der Waals surface area contributed by atoms with Crippen molar-refractivity contribution in [1.29, 1.82) is 0 Å². The molecule has 0 saturated carbocycles. The number of aryl methyl sites for hydroxylation is 1. The Labute approximate surface area is 300 Å². The lowest BCUT2D eigenvalue weighted by Gasteiger charge is -2.21. The van der Waals surface area contributed by atoms with Gasteiger partial charge in [0, 0.05) is 47.6 Å². The van der Waals surface area contributed by atoms with Gasteiger partial charge in [0.25, 0.3) is 5.91 Å². The van der Waals surface area contributed by atoms with E-state index in [0.29, 0.717) is 41.4 Å². The van der Waals surface area contributed by atoms with Crippen molar-refractivity contribution in [3.05, 3.63) is 108 Å². The molecular formula is C37H42BrN9O3. The minimum atomic E-state index is -0.536. The van der Waals surface area contributed by atoms with E-state index in [9.17, 15) is 9.59 Å². The van der Waals surface area contributed by atoms with Gasteiger partial charge in [0.05, 0.1) is 29.5 Å². The molecule has 260 valence electrons. The summed E-state index contributed by atoms with van der Waals surface area (Å²) in [7, 11) is 1.82. The highest BCUT2D eigenvalue weighted by atomic mass is 79.9. The number of amides is 3. The van der Waals surface area contributed by atoms with Gasteiger partial charge in [0.2, 0.25) is 0 Å². The van der Waals surface area contributed by atoms with Crippen LogP contribution in [0.25, 0.3) is 16.5 Å². The average Bonchev–Trinajstić information content (AvgIpc) is 3.53. The summed E-state index contributed by atoms with van der Waals surface area (Å²) in [5.41, 5.74) is 3.45. The number of rotatable bonds is 13. The Morgan fingerprint density at radius 2 is 1.74 bits per heavy atom. The second kappa shape index (κ2) is 16.3. The number of benzene rings is 3. The molecule has 50 heavy (non-hydrogen) atoms. The molecule has 0 saturated heterocycles. The third kappa shape index (κ3) is 9.17. The summed E-state index contributed by atoms with van der Waals surface area (Å²) in [5, 5.41) is 22.1. The molecule has 0 aliphatic carbocycles. The number of hydrogen-bond acceptors (Lipinski definition) is 8. The van der Waals surface area contributed by atoms with Gasteiger partial charge in [-0.25, -0.2) is 19.4 Å². The quantitative estimate of drug-likeness (QED) is 0.0633. The molecule has 0 spiro atoms. The first-order valence-electron chi connectivity index (χ1n) is 16.2. The first-order valence-corrected chi connectivity index (χ1v) is 17.4. The third-order valence-corrected chi connectivity index (χ3v) is 8.00. The molecule has 3 aromatic carbocycles. The van der Waals surface area contributed by atoms with Crippen molar-refractivity contribution >= 4 is 56.0 Å². The number of ether oxygens (including phenoxy) is 1. The largest absolute Gasteiger partial charge is 0.470 e. The van der Waals surface area contributed by atoms with Crippen LogP contribution >= 0.6 is 15.9 Å². The fourth-order valence-corrected chi connectivity index (χ4v) is 5.21. The van der Waals surface area contributed by atoms with Gasteiger partial charge in [-0.2, -0.15) is 5.10 Å². The maximum atomic E-state index is 13.5. The van der Waals surface area contributed by atoms with E-state index in [1.165, 1.54) is 12.4 Å². The Kier molecular flexibility index (Phi) is 11.7. The van der Waals surface area contributed by atoms with E-state index in [0.717, 1.165) is 27.7 Å². The lowest BCUT2D eigenvalue weighted by atomic mass is 9.92. The number of halogens is 1. The Morgan fingerprint density at radius 1 is 0.980 bits per heavy atom. The van der Waals surface area contributed by atoms with Crippen LogP contribution in [-0.2, 0) is 5.41 Å². The fourth-order valence-electron chi connectivity index (χ4n) is 5.01. The molecule has 3 amide bonds. The maximum absolute atomic E-state index is 13.5. The number of urea groups is 1. The molecule has 1 atom stereocenters. The fraction of sp³-hybridized carbons (Fsp3) is 0.270. The monoisotopic (exact) mass is 739 g/mol. The second-order valence-corrected chi connectivity index (χ2v) is 13.4. The molecule has 5 aromatic rings. The number of carbonyl (C=O) groups excluding carboxylic acids is 2. The van der Waals surface area contributed by atoms with Crippen molar-refractivity contribution in [2.75, 3.05) is 34.9 Å². The van der Waals surface area contributed by atoms with Crippen LogP contribution < -0.4 is 31.3 Å². The van der Waals surface area contributed by atoms with Crippen LogP contribution in [0.1, 0.15) is 48.9 Å². The van der Waals surface area contributed by atoms with E-state index in [1.807, 2.05) is 93.0 Å². The number of hydrogen-bond donors (Lipinski definition) is 5. The molecule has 2 heterocycles. The first kappa shape index (κ1) is 35.9. The lowest BCUT2D eigenvalue weighted by molar-refractivity contribution is 0.0951. The van der Waals surface area contributed by atoms with E-state index in [2.05, 4.69) is 73.3 Å². The van der Waals surface area contributed by atoms with Crippen LogP contribution in [0.2, 0.25) is 0 Å². The maximum Gasteiger partial charge on any atom is 0.324 e. The summed E-state index contributed by atoms with van der Waals surface area (Å²) < 4.78 is 8.24. The van der Waals surface area contributed by atoms with Gasteiger partial charge in [-0.05, 0) is 37.4 Å². The predicted molar refractivity (Wildman–Crippen MR) is 203 cm³/mol. The summed E-state index contributed by atoms with van der Waals surface area (Å²) in [6, 6.07) is 20.8. The Morgan fingerprint density at radius 3 is 2.42 bits per heavy atom. The molecule has 12 nitrogen and oxygen atoms in total. The van der Waals surface area contributed by atoms with Crippen molar-refractivity contribution in [3.63, 3.8) is 0 Å². The van der Waals surface area contributed by atoms with Gasteiger partial charge < -0.3 is 26.0 Å². The number of nitrogens with zero attached hydrogens (tertiary/aromatic N) is 4. The molecule has 0 fully saturated rings. The molecule has 13 heteroatoms. The molecule has 0 aliphatic rings. The van der Waals surface area contributed by atoms with Gasteiger partial charge in [0.15, 0.2) is 6.23 Å². The van der Waals surface area contributed by atoms with Gasteiger partial charge in [-0.1, -0.05) is 84.7 Å². The molecule has 1 unspecified atom stereocenters.